The molecule has 1 aromatic carbocycles. The van der Waals surface area contributed by atoms with E-state index in [0.717, 1.165) is 5.69 Å². The van der Waals surface area contributed by atoms with E-state index in [0.29, 0.717) is 18.7 Å². The number of likely N-dealkylation sites (N-methyl/N-ethyl adjacent to an activating group) is 1. The largest absolute Gasteiger partial charge is 0.442 e. The van der Waals surface area contributed by atoms with Crippen molar-refractivity contribution in [3.8, 4) is 0 Å². The molecule has 1 aromatic rings. The summed E-state index contributed by atoms with van der Waals surface area (Å²) in [6.45, 7) is 0.817. The third-order valence-electron chi connectivity index (χ3n) is 3.17. The third-order valence-corrected chi connectivity index (χ3v) is 3.17. The lowest BCUT2D eigenvalue weighted by Crippen LogP contribution is -2.34. The maximum absolute atomic E-state index is 12.1. The van der Waals surface area contributed by atoms with Crippen molar-refractivity contribution in [3.05, 3.63) is 29.8 Å². The summed E-state index contributed by atoms with van der Waals surface area (Å²) < 4.78 is 5.09. The molecule has 6 nitrogen and oxygen atoms in total. The number of carbonyl (C=O) groups is 2. The Bertz CT molecular complexity index is 516. The van der Waals surface area contributed by atoms with Crippen molar-refractivity contribution in [2.24, 2.45) is 0 Å². The summed E-state index contributed by atoms with van der Waals surface area (Å²) in [6, 6.07) is 7.36. The monoisotopic (exact) mass is 277 g/mol. The number of carbonyl (C=O) groups excluding carboxylic acids is 2. The first-order chi connectivity index (χ1) is 9.47. The number of cyclic esters (lactones) is 1. The normalized spacial score (nSPS) is 17.9. The fourth-order valence-electron chi connectivity index (χ4n) is 1.99. The number of benzene rings is 1. The van der Waals surface area contributed by atoms with Gasteiger partial charge in [0, 0.05) is 32.4 Å². The van der Waals surface area contributed by atoms with Crippen LogP contribution in [0.3, 0.4) is 0 Å². The first-order valence-corrected chi connectivity index (χ1v) is 6.44. The Morgan fingerprint density at radius 3 is 2.85 bits per heavy atom. The van der Waals surface area contributed by atoms with Crippen molar-refractivity contribution < 1.29 is 14.3 Å². The molecule has 1 atom stereocenters. The van der Waals surface area contributed by atoms with Crippen LogP contribution in [0.15, 0.2) is 24.3 Å². The molecular weight excluding hydrogens is 258 g/mol. The Morgan fingerprint density at radius 1 is 1.50 bits per heavy atom. The number of ether oxygens (including phenoxy) is 1. The Hall–Kier alpha value is -2.24. The highest BCUT2D eigenvalue weighted by atomic mass is 16.6. The molecule has 1 heterocycles. The van der Waals surface area contributed by atoms with Gasteiger partial charge < -0.3 is 19.9 Å². The van der Waals surface area contributed by atoms with Crippen LogP contribution in [0.25, 0.3) is 0 Å². The molecule has 0 radical (unpaired) electrons. The minimum atomic E-state index is -0.348. The average Bonchev–Trinajstić information content (AvgIpc) is 2.75. The van der Waals surface area contributed by atoms with Gasteiger partial charge >= 0.3 is 6.09 Å². The molecule has 0 aliphatic carbocycles. The van der Waals surface area contributed by atoms with Crippen molar-refractivity contribution in [1.29, 1.82) is 0 Å². The van der Waals surface area contributed by atoms with E-state index in [1.54, 1.807) is 13.1 Å². The predicted molar refractivity (Wildman–Crippen MR) is 76.0 cm³/mol. The molecule has 1 saturated heterocycles. The van der Waals surface area contributed by atoms with E-state index in [1.807, 2.05) is 37.2 Å². The van der Waals surface area contributed by atoms with Crippen LogP contribution >= 0.6 is 0 Å². The van der Waals surface area contributed by atoms with Crippen LogP contribution in [0.2, 0.25) is 0 Å². The van der Waals surface area contributed by atoms with E-state index in [4.69, 9.17) is 4.74 Å². The third kappa shape index (κ3) is 3.20. The van der Waals surface area contributed by atoms with Gasteiger partial charge in [-0.15, -0.1) is 0 Å². The van der Waals surface area contributed by atoms with Gasteiger partial charge in [-0.2, -0.15) is 0 Å². The zero-order valence-corrected chi connectivity index (χ0v) is 11.9. The van der Waals surface area contributed by atoms with Crippen molar-refractivity contribution in [1.82, 2.24) is 10.2 Å². The van der Waals surface area contributed by atoms with Crippen molar-refractivity contribution in [3.63, 3.8) is 0 Å². The summed E-state index contributed by atoms with van der Waals surface area (Å²) in [5.41, 5.74) is 1.55. The topological polar surface area (TPSA) is 61.9 Å². The second-order valence-electron chi connectivity index (χ2n) is 5.04. The molecule has 2 amide bonds. The lowest BCUT2D eigenvalue weighted by Gasteiger charge is -2.14. The molecule has 1 aliphatic heterocycles. The molecule has 6 heteroatoms. The zero-order chi connectivity index (χ0) is 14.7. The molecule has 108 valence electrons. The van der Waals surface area contributed by atoms with Gasteiger partial charge in [-0.25, -0.2) is 4.79 Å². The van der Waals surface area contributed by atoms with Gasteiger partial charge in [0.2, 0.25) is 0 Å². The van der Waals surface area contributed by atoms with Crippen LogP contribution < -0.4 is 10.2 Å². The number of hydrogen-bond donors (Lipinski definition) is 1. The zero-order valence-electron chi connectivity index (χ0n) is 11.9. The van der Waals surface area contributed by atoms with E-state index in [9.17, 15) is 9.59 Å². The number of nitrogens with one attached hydrogen (secondary N) is 1. The molecule has 2 rings (SSSR count). The quantitative estimate of drug-likeness (QED) is 0.889. The Balaban J connectivity index is 1.92. The number of anilines is 1. The maximum atomic E-state index is 12.1. The van der Waals surface area contributed by atoms with Gasteiger partial charge in [0.25, 0.3) is 5.91 Å². The van der Waals surface area contributed by atoms with Crippen molar-refractivity contribution in [2.45, 2.75) is 6.10 Å². The standard InChI is InChI=1S/C14H19N3O3/c1-16(2)11-6-4-5-10(7-11)13(18)15-8-12-9-17(3)14(19)20-12/h4-7,12H,8-9H2,1-3H3,(H,15,18). The average molecular weight is 277 g/mol. The molecule has 20 heavy (non-hydrogen) atoms. The smallest absolute Gasteiger partial charge is 0.410 e. The van der Waals surface area contributed by atoms with Gasteiger partial charge in [-0.1, -0.05) is 6.07 Å². The van der Waals surface area contributed by atoms with Crippen LogP contribution in [-0.2, 0) is 4.74 Å². The number of hydrogen-bond acceptors (Lipinski definition) is 4. The first-order valence-electron chi connectivity index (χ1n) is 6.44. The van der Waals surface area contributed by atoms with Crippen LogP contribution in [0.4, 0.5) is 10.5 Å². The van der Waals surface area contributed by atoms with E-state index in [1.165, 1.54) is 4.90 Å². The van der Waals surface area contributed by atoms with E-state index >= 15 is 0 Å². The SMILES string of the molecule is CN1CC(CNC(=O)c2cccc(N(C)C)c2)OC1=O. The molecule has 0 aromatic heterocycles. The van der Waals surface area contributed by atoms with Crippen LogP contribution in [0.1, 0.15) is 10.4 Å². The van der Waals surface area contributed by atoms with Gasteiger partial charge in [0.05, 0.1) is 13.1 Å². The molecule has 1 unspecified atom stereocenters. The van der Waals surface area contributed by atoms with E-state index < -0.39 is 0 Å². The van der Waals surface area contributed by atoms with E-state index in [-0.39, 0.29) is 18.1 Å². The lowest BCUT2D eigenvalue weighted by molar-refractivity contribution is 0.0915. The van der Waals surface area contributed by atoms with Crippen LogP contribution in [0.5, 0.6) is 0 Å². The second kappa shape index (κ2) is 5.81. The molecule has 1 aliphatic rings. The Labute approximate surface area is 118 Å². The number of rotatable bonds is 4. The predicted octanol–water partition coefficient (Wildman–Crippen LogP) is 0.933. The fraction of sp³-hybridized carbons (Fsp3) is 0.429. The molecule has 1 fully saturated rings. The summed E-state index contributed by atoms with van der Waals surface area (Å²) in [4.78, 5) is 26.7. The molecule has 0 saturated carbocycles. The van der Waals surface area contributed by atoms with Gasteiger partial charge in [0.15, 0.2) is 0 Å². The van der Waals surface area contributed by atoms with Gasteiger partial charge in [-0.3, -0.25) is 4.79 Å². The first kappa shape index (κ1) is 14.2. The van der Waals surface area contributed by atoms with Crippen LogP contribution in [0, 0.1) is 0 Å². The minimum Gasteiger partial charge on any atom is -0.442 e. The summed E-state index contributed by atoms with van der Waals surface area (Å²) >= 11 is 0. The Morgan fingerprint density at radius 2 is 2.25 bits per heavy atom. The highest BCUT2D eigenvalue weighted by molar-refractivity contribution is 5.95. The summed E-state index contributed by atoms with van der Waals surface area (Å²) in [6.07, 6.45) is -0.632. The van der Waals surface area contributed by atoms with Crippen LogP contribution in [-0.4, -0.2) is 57.2 Å². The molecular formula is C14H19N3O3. The fourth-order valence-corrected chi connectivity index (χ4v) is 1.99. The second-order valence-corrected chi connectivity index (χ2v) is 5.04. The van der Waals surface area contributed by atoms with E-state index in [2.05, 4.69) is 5.32 Å². The highest BCUT2D eigenvalue weighted by Crippen LogP contribution is 2.13. The van der Waals surface area contributed by atoms with Gasteiger partial charge in [-0.05, 0) is 18.2 Å². The Kier molecular flexibility index (Phi) is 4.12. The maximum Gasteiger partial charge on any atom is 0.410 e. The molecule has 1 N–H and O–H groups in total. The summed E-state index contributed by atoms with van der Waals surface area (Å²) in [7, 11) is 5.51. The van der Waals surface area contributed by atoms with Gasteiger partial charge in [0.1, 0.15) is 6.10 Å². The number of nitrogens with zero attached hydrogens (tertiary/aromatic N) is 2. The highest BCUT2D eigenvalue weighted by Gasteiger charge is 2.28. The lowest BCUT2D eigenvalue weighted by atomic mass is 10.2. The molecule has 0 bridgehead atoms. The number of amides is 2. The van der Waals surface area contributed by atoms with Crippen molar-refractivity contribution in [2.75, 3.05) is 39.1 Å². The summed E-state index contributed by atoms with van der Waals surface area (Å²) in [5, 5.41) is 2.79. The summed E-state index contributed by atoms with van der Waals surface area (Å²) in [5.74, 6) is -0.167. The minimum absolute atomic E-state index is 0.167. The van der Waals surface area contributed by atoms with Crippen molar-refractivity contribution >= 4 is 17.7 Å². The molecule has 0 spiro atoms.